The van der Waals surface area contributed by atoms with Crippen LogP contribution in [0.1, 0.15) is 26.0 Å². The van der Waals surface area contributed by atoms with Gasteiger partial charge in [-0.2, -0.15) is 0 Å². The van der Waals surface area contributed by atoms with Crippen LogP contribution in [-0.4, -0.2) is 17.3 Å². The number of carbonyl (C=O) groups is 1. The number of hydrogen-bond acceptors (Lipinski definition) is 3. The van der Waals surface area contributed by atoms with Crippen LogP contribution in [-0.2, 0) is 11.2 Å². The van der Waals surface area contributed by atoms with Gasteiger partial charge in [-0.15, -0.1) is 0 Å². The molecule has 2 N–H and O–H groups in total. The highest BCUT2D eigenvalue weighted by Crippen LogP contribution is 2.19. The van der Waals surface area contributed by atoms with Gasteiger partial charge in [0.15, 0.2) is 0 Å². The predicted octanol–water partition coefficient (Wildman–Crippen LogP) is 1.57. The first kappa shape index (κ1) is 11.9. The highest BCUT2D eigenvalue weighted by Gasteiger charge is 2.20. The molecule has 0 spiro atoms. The van der Waals surface area contributed by atoms with Gasteiger partial charge in [0.2, 0.25) is 0 Å². The molecule has 1 rings (SSSR count). The summed E-state index contributed by atoms with van der Waals surface area (Å²) in [5, 5.41) is 0. The molecule has 0 radical (unpaired) electrons. The van der Waals surface area contributed by atoms with Crippen molar-refractivity contribution in [2.75, 3.05) is 6.54 Å². The molecule has 82 valence electrons. The number of nitrogens with zero attached hydrogens (tertiary/aromatic N) is 1. The largest absolute Gasteiger partial charge is 0.330 e. The van der Waals surface area contributed by atoms with Crippen molar-refractivity contribution in [1.82, 2.24) is 4.98 Å². The van der Waals surface area contributed by atoms with Gasteiger partial charge in [-0.05, 0) is 24.1 Å². The Morgan fingerprint density at radius 3 is 2.73 bits per heavy atom. The molecule has 0 saturated carbocycles. The molecule has 0 fully saturated rings. The third kappa shape index (κ3) is 4.21. The SMILES string of the molecule is CC(C)(CN)CC(=O)Cc1ccccn1. The Labute approximate surface area is 90.7 Å². The van der Waals surface area contributed by atoms with Crippen LogP contribution < -0.4 is 5.73 Å². The monoisotopic (exact) mass is 206 g/mol. The van der Waals surface area contributed by atoms with Crippen molar-refractivity contribution in [1.29, 1.82) is 0 Å². The summed E-state index contributed by atoms with van der Waals surface area (Å²) in [5.41, 5.74) is 6.30. The molecule has 0 aliphatic rings. The van der Waals surface area contributed by atoms with E-state index in [-0.39, 0.29) is 11.2 Å². The van der Waals surface area contributed by atoms with Crippen LogP contribution in [0.3, 0.4) is 0 Å². The molecule has 1 heterocycles. The lowest BCUT2D eigenvalue weighted by atomic mass is 9.86. The number of pyridine rings is 1. The van der Waals surface area contributed by atoms with Gasteiger partial charge in [0.05, 0.1) is 0 Å². The van der Waals surface area contributed by atoms with Crippen LogP contribution in [0, 0.1) is 5.41 Å². The Hall–Kier alpha value is -1.22. The number of aromatic nitrogens is 1. The number of carbonyl (C=O) groups excluding carboxylic acids is 1. The minimum Gasteiger partial charge on any atom is -0.330 e. The van der Waals surface area contributed by atoms with E-state index in [2.05, 4.69) is 4.98 Å². The maximum absolute atomic E-state index is 11.7. The quantitative estimate of drug-likeness (QED) is 0.795. The molecule has 0 amide bonds. The number of rotatable bonds is 5. The summed E-state index contributed by atoms with van der Waals surface area (Å²) < 4.78 is 0. The number of nitrogens with two attached hydrogens (primary N) is 1. The average Bonchev–Trinajstić information content (AvgIpc) is 2.18. The van der Waals surface area contributed by atoms with E-state index in [9.17, 15) is 4.79 Å². The van der Waals surface area contributed by atoms with Gasteiger partial charge in [0.1, 0.15) is 5.78 Å². The Kier molecular flexibility index (Phi) is 3.97. The summed E-state index contributed by atoms with van der Waals surface area (Å²) in [6.45, 7) is 4.54. The molecule has 0 unspecified atom stereocenters. The van der Waals surface area contributed by atoms with Gasteiger partial charge in [0, 0.05) is 24.7 Å². The Morgan fingerprint density at radius 1 is 1.47 bits per heavy atom. The lowest BCUT2D eigenvalue weighted by molar-refractivity contribution is -0.120. The Bertz CT molecular complexity index is 320. The van der Waals surface area contributed by atoms with Crippen LogP contribution in [0.2, 0.25) is 0 Å². The van der Waals surface area contributed by atoms with Crippen molar-refractivity contribution in [3.63, 3.8) is 0 Å². The van der Waals surface area contributed by atoms with Crippen LogP contribution in [0.25, 0.3) is 0 Å². The maximum Gasteiger partial charge on any atom is 0.139 e. The van der Waals surface area contributed by atoms with E-state index >= 15 is 0 Å². The molecular weight excluding hydrogens is 188 g/mol. The molecule has 0 bridgehead atoms. The molecule has 15 heavy (non-hydrogen) atoms. The lowest BCUT2D eigenvalue weighted by Crippen LogP contribution is -2.27. The van der Waals surface area contributed by atoms with E-state index in [1.54, 1.807) is 6.20 Å². The van der Waals surface area contributed by atoms with Gasteiger partial charge < -0.3 is 5.73 Å². The third-order valence-corrected chi connectivity index (χ3v) is 2.33. The van der Waals surface area contributed by atoms with Crippen LogP contribution in [0.5, 0.6) is 0 Å². The lowest BCUT2D eigenvalue weighted by Gasteiger charge is -2.20. The zero-order chi connectivity index (χ0) is 11.3. The maximum atomic E-state index is 11.7. The van der Waals surface area contributed by atoms with Crippen molar-refractivity contribution >= 4 is 5.78 Å². The minimum atomic E-state index is -0.105. The van der Waals surface area contributed by atoms with Crippen molar-refractivity contribution < 1.29 is 4.79 Å². The zero-order valence-electron chi connectivity index (χ0n) is 9.36. The van der Waals surface area contributed by atoms with Crippen molar-refractivity contribution in [2.45, 2.75) is 26.7 Å². The van der Waals surface area contributed by atoms with Crippen LogP contribution >= 0.6 is 0 Å². The molecule has 0 saturated heterocycles. The van der Waals surface area contributed by atoms with Crippen molar-refractivity contribution in [3.05, 3.63) is 30.1 Å². The van der Waals surface area contributed by atoms with E-state index in [0.29, 0.717) is 19.4 Å². The summed E-state index contributed by atoms with van der Waals surface area (Å²) in [6, 6.07) is 5.61. The van der Waals surface area contributed by atoms with E-state index in [4.69, 9.17) is 5.73 Å². The fourth-order valence-electron chi connectivity index (χ4n) is 1.37. The fraction of sp³-hybridized carbons (Fsp3) is 0.500. The van der Waals surface area contributed by atoms with Gasteiger partial charge in [-0.1, -0.05) is 19.9 Å². The third-order valence-electron chi connectivity index (χ3n) is 2.33. The number of Topliss-reactive ketones (excluding diaryl/α,β-unsaturated/α-hetero) is 1. The first-order valence-corrected chi connectivity index (χ1v) is 5.15. The highest BCUT2D eigenvalue weighted by atomic mass is 16.1. The van der Waals surface area contributed by atoms with Gasteiger partial charge in [-0.25, -0.2) is 0 Å². The summed E-state index contributed by atoms with van der Waals surface area (Å²) in [7, 11) is 0. The first-order valence-electron chi connectivity index (χ1n) is 5.15. The van der Waals surface area contributed by atoms with Gasteiger partial charge >= 0.3 is 0 Å². The molecular formula is C12H18N2O. The predicted molar refractivity (Wildman–Crippen MR) is 60.4 cm³/mol. The molecule has 0 atom stereocenters. The van der Waals surface area contributed by atoms with Crippen LogP contribution in [0.15, 0.2) is 24.4 Å². The average molecular weight is 206 g/mol. The second kappa shape index (κ2) is 5.03. The second-order valence-corrected chi connectivity index (χ2v) is 4.58. The van der Waals surface area contributed by atoms with Crippen molar-refractivity contribution in [3.8, 4) is 0 Å². The zero-order valence-corrected chi connectivity index (χ0v) is 9.36. The van der Waals surface area contributed by atoms with Crippen LogP contribution in [0.4, 0.5) is 0 Å². The molecule has 0 aliphatic heterocycles. The Morgan fingerprint density at radius 2 is 2.20 bits per heavy atom. The molecule has 0 aromatic carbocycles. The summed E-state index contributed by atoms with van der Waals surface area (Å²) in [6.07, 6.45) is 2.63. The Balaban J connectivity index is 2.51. The second-order valence-electron chi connectivity index (χ2n) is 4.58. The molecule has 0 aliphatic carbocycles. The first-order chi connectivity index (χ1) is 7.03. The van der Waals surface area contributed by atoms with Crippen molar-refractivity contribution in [2.24, 2.45) is 11.1 Å². The van der Waals surface area contributed by atoms with E-state index in [1.807, 2.05) is 32.0 Å². The smallest absolute Gasteiger partial charge is 0.139 e. The van der Waals surface area contributed by atoms with E-state index in [0.717, 1.165) is 5.69 Å². The van der Waals surface area contributed by atoms with Gasteiger partial charge in [-0.3, -0.25) is 9.78 Å². The topological polar surface area (TPSA) is 56.0 Å². The summed E-state index contributed by atoms with van der Waals surface area (Å²) in [5.74, 6) is 0.198. The minimum absolute atomic E-state index is 0.105. The van der Waals surface area contributed by atoms with Gasteiger partial charge in [0.25, 0.3) is 0 Å². The summed E-state index contributed by atoms with van der Waals surface area (Å²) >= 11 is 0. The fourth-order valence-corrected chi connectivity index (χ4v) is 1.37. The number of ketones is 1. The van der Waals surface area contributed by atoms with E-state index in [1.165, 1.54) is 0 Å². The standard InChI is InChI=1S/C12H18N2O/c1-12(2,9-13)8-11(15)7-10-5-3-4-6-14-10/h3-6H,7-9,13H2,1-2H3. The highest BCUT2D eigenvalue weighted by molar-refractivity contribution is 5.81. The molecule has 1 aromatic rings. The van der Waals surface area contributed by atoms with E-state index < -0.39 is 0 Å². The molecule has 3 nitrogen and oxygen atoms in total. The molecule has 1 aromatic heterocycles. The molecule has 3 heteroatoms. The number of hydrogen-bond donors (Lipinski definition) is 1. The summed E-state index contributed by atoms with van der Waals surface area (Å²) in [4.78, 5) is 15.8. The normalized spacial score (nSPS) is 11.4.